The molecule has 2 aromatic heterocycles. The van der Waals surface area contributed by atoms with E-state index in [2.05, 4.69) is 15.5 Å². The fourth-order valence-electron chi connectivity index (χ4n) is 2.33. The summed E-state index contributed by atoms with van der Waals surface area (Å²) in [7, 11) is 0. The Labute approximate surface area is 133 Å². The number of nitro groups is 1. The number of carbonyl (C=O) groups excluding carboxylic acids is 1. The Bertz CT molecular complexity index is 718. The van der Waals surface area contributed by atoms with E-state index >= 15 is 0 Å². The molecule has 0 saturated carbocycles. The summed E-state index contributed by atoms with van der Waals surface area (Å²) in [4.78, 5) is 22.1. The van der Waals surface area contributed by atoms with Crippen LogP contribution in [0.1, 0.15) is 23.5 Å². The van der Waals surface area contributed by atoms with Gasteiger partial charge >= 0.3 is 5.69 Å². The second kappa shape index (κ2) is 7.03. The number of nitrogens with zero attached hydrogens (tertiary/aromatic N) is 5. The van der Waals surface area contributed by atoms with Crippen molar-refractivity contribution in [1.82, 2.24) is 24.9 Å². The first kappa shape index (κ1) is 16.7. The third-order valence-electron chi connectivity index (χ3n) is 3.39. The highest BCUT2D eigenvalue weighted by atomic mass is 16.6. The third-order valence-corrected chi connectivity index (χ3v) is 3.39. The number of carbonyl (C=O) groups is 1. The van der Waals surface area contributed by atoms with E-state index in [0.29, 0.717) is 12.2 Å². The maximum absolute atomic E-state index is 11.8. The van der Waals surface area contributed by atoms with E-state index in [4.69, 9.17) is 0 Å². The first-order chi connectivity index (χ1) is 10.9. The molecule has 2 aromatic rings. The maximum atomic E-state index is 11.8. The molecule has 0 spiro atoms. The zero-order valence-electron chi connectivity index (χ0n) is 13.4. The van der Waals surface area contributed by atoms with Crippen LogP contribution in [0.2, 0.25) is 0 Å². The molecule has 0 aromatic carbocycles. The molecule has 2 heterocycles. The number of hydrogen-bond acceptors (Lipinski definition) is 5. The standard InChI is InChI=1S/C14H20N6O3/c1-10-7-11(2)19(16-10)6-4-5-15-14(21)9-18-8-13(20(22)23)12(3)17-18/h7-8H,4-6,9H2,1-3H3,(H,15,21). The van der Waals surface area contributed by atoms with Crippen LogP contribution in [0.3, 0.4) is 0 Å². The number of nitrogens with one attached hydrogen (secondary N) is 1. The minimum atomic E-state index is -0.509. The summed E-state index contributed by atoms with van der Waals surface area (Å²) in [5.74, 6) is -0.226. The summed E-state index contributed by atoms with van der Waals surface area (Å²) in [5.41, 5.74) is 2.28. The van der Waals surface area contributed by atoms with Gasteiger partial charge in [-0.2, -0.15) is 10.2 Å². The van der Waals surface area contributed by atoms with Crippen LogP contribution >= 0.6 is 0 Å². The minimum absolute atomic E-state index is 0.0331. The molecule has 9 nitrogen and oxygen atoms in total. The molecule has 0 radical (unpaired) electrons. The quantitative estimate of drug-likeness (QED) is 0.467. The number of aromatic nitrogens is 4. The Hall–Kier alpha value is -2.71. The molecule has 0 aliphatic heterocycles. The molecule has 1 N–H and O–H groups in total. The van der Waals surface area contributed by atoms with Gasteiger partial charge < -0.3 is 5.32 Å². The maximum Gasteiger partial charge on any atom is 0.309 e. The number of hydrogen-bond donors (Lipinski definition) is 1. The first-order valence-electron chi connectivity index (χ1n) is 7.33. The monoisotopic (exact) mass is 320 g/mol. The van der Waals surface area contributed by atoms with Crippen LogP contribution in [0, 0.1) is 30.9 Å². The van der Waals surface area contributed by atoms with Gasteiger partial charge in [-0.25, -0.2) is 0 Å². The molecule has 0 fully saturated rings. The fourth-order valence-corrected chi connectivity index (χ4v) is 2.33. The van der Waals surface area contributed by atoms with Crippen LogP contribution in [0.25, 0.3) is 0 Å². The summed E-state index contributed by atoms with van der Waals surface area (Å²) in [5, 5.41) is 21.8. The Morgan fingerprint density at radius 3 is 2.65 bits per heavy atom. The summed E-state index contributed by atoms with van der Waals surface area (Å²) >= 11 is 0. The molecule has 23 heavy (non-hydrogen) atoms. The number of amides is 1. The van der Waals surface area contributed by atoms with Gasteiger partial charge in [-0.15, -0.1) is 0 Å². The van der Waals surface area contributed by atoms with Crippen LogP contribution < -0.4 is 5.32 Å². The lowest BCUT2D eigenvalue weighted by atomic mass is 10.4. The van der Waals surface area contributed by atoms with Gasteiger partial charge in [0.2, 0.25) is 5.91 Å². The second-order valence-corrected chi connectivity index (χ2v) is 5.41. The van der Waals surface area contributed by atoms with Gasteiger partial charge in [0.1, 0.15) is 18.4 Å². The van der Waals surface area contributed by atoms with Crippen molar-refractivity contribution in [1.29, 1.82) is 0 Å². The Morgan fingerprint density at radius 2 is 2.09 bits per heavy atom. The minimum Gasteiger partial charge on any atom is -0.354 e. The lowest BCUT2D eigenvalue weighted by Gasteiger charge is -2.06. The van der Waals surface area contributed by atoms with Crippen molar-refractivity contribution >= 4 is 11.6 Å². The fraction of sp³-hybridized carbons (Fsp3) is 0.500. The highest BCUT2D eigenvalue weighted by Gasteiger charge is 2.16. The van der Waals surface area contributed by atoms with Crippen molar-refractivity contribution in [3.63, 3.8) is 0 Å². The van der Waals surface area contributed by atoms with Gasteiger partial charge in [-0.05, 0) is 33.3 Å². The molecule has 9 heteroatoms. The van der Waals surface area contributed by atoms with Crippen molar-refractivity contribution in [2.45, 2.75) is 40.3 Å². The average molecular weight is 320 g/mol. The van der Waals surface area contributed by atoms with Gasteiger partial charge in [0.15, 0.2) is 0 Å². The average Bonchev–Trinajstić information content (AvgIpc) is 2.97. The molecule has 2 rings (SSSR count). The van der Waals surface area contributed by atoms with Gasteiger partial charge in [-0.3, -0.25) is 24.3 Å². The van der Waals surface area contributed by atoms with Crippen molar-refractivity contribution in [3.8, 4) is 0 Å². The highest BCUT2D eigenvalue weighted by molar-refractivity contribution is 5.75. The lowest BCUT2D eigenvalue weighted by Crippen LogP contribution is -2.29. The topological polar surface area (TPSA) is 108 Å². The van der Waals surface area contributed by atoms with Crippen LogP contribution in [-0.2, 0) is 17.9 Å². The van der Waals surface area contributed by atoms with E-state index in [-0.39, 0.29) is 18.1 Å². The molecular weight excluding hydrogens is 300 g/mol. The van der Waals surface area contributed by atoms with E-state index in [1.165, 1.54) is 10.9 Å². The third kappa shape index (κ3) is 4.38. The van der Waals surface area contributed by atoms with E-state index in [1.54, 1.807) is 6.92 Å². The Morgan fingerprint density at radius 1 is 1.35 bits per heavy atom. The van der Waals surface area contributed by atoms with Gasteiger partial charge in [0.05, 0.1) is 10.6 Å². The zero-order chi connectivity index (χ0) is 17.0. The molecule has 1 amide bonds. The predicted octanol–water partition coefficient (Wildman–Crippen LogP) is 1.12. The van der Waals surface area contributed by atoms with Crippen LogP contribution in [0.4, 0.5) is 5.69 Å². The van der Waals surface area contributed by atoms with Crippen molar-refractivity contribution in [2.75, 3.05) is 6.54 Å². The summed E-state index contributed by atoms with van der Waals surface area (Å²) < 4.78 is 3.19. The van der Waals surface area contributed by atoms with Gasteiger partial charge in [0.25, 0.3) is 0 Å². The Balaban J connectivity index is 1.76. The van der Waals surface area contributed by atoms with Gasteiger partial charge in [0, 0.05) is 18.8 Å². The van der Waals surface area contributed by atoms with E-state index in [9.17, 15) is 14.9 Å². The molecule has 0 aliphatic rings. The number of aryl methyl sites for hydroxylation is 4. The van der Waals surface area contributed by atoms with Crippen LogP contribution in [0.5, 0.6) is 0 Å². The Kier molecular flexibility index (Phi) is 5.09. The molecule has 0 bridgehead atoms. The van der Waals surface area contributed by atoms with E-state index in [1.807, 2.05) is 24.6 Å². The lowest BCUT2D eigenvalue weighted by molar-refractivity contribution is -0.385. The second-order valence-electron chi connectivity index (χ2n) is 5.41. The SMILES string of the molecule is Cc1cc(C)n(CCCNC(=O)Cn2cc([N+](=O)[O-])c(C)n2)n1. The van der Waals surface area contributed by atoms with Crippen molar-refractivity contribution < 1.29 is 9.72 Å². The molecule has 0 unspecified atom stereocenters. The number of rotatable bonds is 7. The molecule has 0 saturated heterocycles. The largest absolute Gasteiger partial charge is 0.354 e. The predicted molar refractivity (Wildman–Crippen MR) is 82.9 cm³/mol. The van der Waals surface area contributed by atoms with Crippen molar-refractivity contribution in [2.24, 2.45) is 0 Å². The van der Waals surface area contributed by atoms with Gasteiger partial charge in [-0.1, -0.05) is 0 Å². The summed E-state index contributed by atoms with van der Waals surface area (Å²) in [6.45, 7) is 6.68. The molecular formula is C14H20N6O3. The van der Waals surface area contributed by atoms with E-state index < -0.39 is 4.92 Å². The van der Waals surface area contributed by atoms with Crippen LogP contribution in [0.15, 0.2) is 12.3 Å². The van der Waals surface area contributed by atoms with Crippen LogP contribution in [-0.4, -0.2) is 36.9 Å². The normalized spacial score (nSPS) is 10.7. The smallest absolute Gasteiger partial charge is 0.309 e. The van der Waals surface area contributed by atoms with Crippen molar-refractivity contribution in [3.05, 3.63) is 39.5 Å². The molecule has 124 valence electrons. The van der Waals surface area contributed by atoms with E-state index in [0.717, 1.165) is 24.4 Å². The first-order valence-corrected chi connectivity index (χ1v) is 7.33. The molecule has 0 aliphatic carbocycles. The molecule has 0 atom stereocenters. The summed E-state index contributed by atoms with van der Waals surface area (Å²) in [6.07, 6.45) is 2.02. The summed E-state index contributed by atoms with van der Waals surface area (Å²) in [6, 6.07) is 2.01. The zero-order valence-corrected chi connectivity index (χ0v) is 13.4. The highest BCUT2D eigenvalue weighted by Crippen LogP contribution is 2.14.